The van der Waals surface area contributed by atoms with Gasteiger partial charge >= 0.3 is 0 Å². The number of nitrogen functional groups attached to an aromatic ring is 1. The van der Waals surface area contributed by atoms with Gasteiger partial charge in [-0.25, -0.2) is 9.97 Å². The molecule has 1 saturated carbocycles. The number of nitrogens with one attached hydrogen (secondary N) is 1. The summed E-state index contributed by atoms with van der Waals surface area (Å²) in [5, 5.41) is 2.96. The maximum absolute atomic E-state index is 11.9. The molecule has 0 radical (unpaired) electrons. The van der Waals surface area contributed by atoms with Gasteiger partial charge in [-0.15, -0.1) is 0 Å². The Morgan fingerprint density at radius 1 is 1.44 bits per heavy atom. The molecule has 5 heteroatoms. The highest BCUT2D eigenvalue weighted by molar-refractivity contribution is 5.96. The Hall–Kier alpha value is -1.65. The van der Waals surface area contributed by atoms with Gasteiger partial charge in [0.2, 0.25) is 0 Å². The van der Waals surface area contributed by atoms with Gasteiger partial charge < -0.3 is 11.1 Å². The second-order valence-corrected chi connectivity index (χ2v) is 4.28. The van der Waals surface area contributed by atoms with Gasteiger partial charge in [-0.3, -0.25) is 4.79 Å². The predicted octanol–water partition coefficient (Wildman–Crippen LogP) is 0.977. The highest BCUT2D eigenvalue weighted by atomic mass is 16.2. The lowest BCUT2D eigenvalue weighted by molar-refractivity contribution is 0.0925. The summed E-state index contributed by atoms with van der Waals surface area (Å²) in [7, 11) is 0. The number of carbonyl (C=O) groups excluding carboxylic acids is 1. The van der Waals surface area contributed by atoms with Crippen molar-refractivity contribution in [3.05, 3.63) is 18.1 Å². The van der Waals surface area contributed by atoms with Crippen molar-refractivity contribution >= 4 is 11.7 Å². The molecular formula is C11H16N4O. The molecule has 0 bridgehead atoms. The highest BCUT2D eigenvalue weighted by Gasteiger charge is 2.26. The number of amides is 1. The average molecular weight is 220 g/mol. The molecule has 1 aromatic heterocycles. The van der Waals surface area contributed by atoms with Crippen LogP contribution in [0.25, 0.3) is 0 Å². The minimum absolute atomic E-state index is 0.186. The van der Waals surface area contributed by atoms with Crippen molar-refractivity contribution in [1.29, 1.82) is 0 Å². The molecule has 1 aliphatic carbocycles. The van der Waals surface area contributed by atoms with E-state index < -0.39 is 0 Å². The zero-order chi connectivity index (χ0) is 11.5. The average Bonchev–Trinajstić information content (AvgIpc) is 2.65. The van der Waals surface area contributed by atoms with E-state index in [1.54, 1.807) is 0 Å². The fraction of sp³-hybridized carbons (Fsp3) is 0.545. The van der Waals surface area contributed by atoms with Crippen LogP contribution in [-0.2, 0) is 0 Å². The van der Waals surface area contributed by atoms with E-state index >= 15 is 0 Å². The smallest absolute Gasteiger partial charge is 0.273 e. The van der Waals surface area contributed by atoms with Crippen molar-refractivity contribution in [2.24, 2.45) is 5.92 Å². The number of hydrogen-bond donors (Lipinski definition) is 2. The molecule has 2 atom stereocenters. The van der Waals surface area contributed by atoms with Gasteiger partial charge in [0.05, 0.1) is 0 Å². The zero-order valence-corrected chi connectivity index (χ0v) is 9.31. The Morgan fingerprint density at radius 3 is 2.81 bits per heavy atom. The molecule has 1 amide bonds. The van der Waals surface area contributed by atoms with Crippen LogP contribution in [0.1, 0.15) is 36.7 Å². The highest BCUT2D eigenvalue weighted by Crippen LogP contribution is 2.25. The predicted molar refractivity (Wildman–Crippen MR) is 60.7 cm³/mol. The maximum Gasteiger partial charge on any atom is 0.273 e. The molecular weight excluding hydrogens is 204 g/mol. The van der Waals surface area contributed by atoms with Gasteiger partial charge in [0.25, 0.3) is 5.91 Å². The molecule has 1 fully saturated rings. The van der Waals surface area contributed by atoms with Crippen molar-refractivity contribution in [2.45, 2.75) is 32.2 Å². The molecule has 1 heterocycles. The molecule has 0 aliphatic heterocycles. The molecule has 0 aromatic carbocycles. The fourth-order valence-electron chi connectivity index (χ4n) is 2.12. The van der Waals surface area contributed by atoms with Crippen molar-refractivity contribution in [3.63, 3.8) is 0 Å². The first-order valence-corrected chi connectivity index (χ1v) is 5.56. The lowest BCUT2D eigenvalue weighted by Crippen LogP contribution is -2.37. The first kappa shape index (κ1) is 10.9. The van der Waals surface area contributed by atoms with Crippen LogP contribution >= 0.6 is 0 Å². The largest absolute Gasteiger partial charge is 0.382 e. The lowest BCUT2D eigenvalue weighted by atomic mass is 10.1. The van der Waals surface area contributed by atoms with E-state index in [2.05, 4.69) is 22.2 Å². The molecule has 2 rings (SSSR count). The third-order valence-corrected chi connectivity index (χ3v) is 3.12. The molecule has 0 unspecified atom stereocenters. The van der Waals surface area contributed by atoms with E-state index in [9.17, 15) is 4.79 Å². The summed E-state index contributed by atoms with van der Waals surface area (Å²) < 4.78 is 0. The third kappa shape index (κ3) is 2.13. The third-order valence-electron chi connectivity index (χ3n) is 3.12. The Morgan fingerprint density at radius 2 is 2.19 bits per heavy atom. The summed E-state index contributed by atoms with van der Waals surface area (Å²) in [5.74, 6) is 0.497. The number of nitrogens with two attached hydrogens (primary N) is 1. The molecule has 1 aliphatic rings. The van der Waals surface area contributed by atoms with Gasteiger partial charge in [0.15, 0.2) is 11.5 Å². The number of nitrogens with zero attached hydrogens (tertiary/aromatic N) is 2. The zero-order valence-electron chi connectivity index (χ0n) is 9.31. The fourth-order valence-corrected chi connectivity index (χ4v) is 2.12. The van der Waals surface area contributed by atoms with Gasteiger partial charge in [-0.05, 0) is 18.8 Å². The minimum Gasteiger partial charge on any atom is -0.382 e. The Balaban J connectivity index is 2.06. The van der Waals surface area contributed by atoms with E-state index in [1.165, 1.54) is 25.2 Å². The first-order chi connectivity index (χ1) is 7.68. The van der Waals surface area contributed by atoms with Gasteiger partial charge in [0.1, 0.15) is 0 Å². The molecule has 16 heavy (non-hydrogen) atoms. The van der Waals surface area contributed by atoms with Crippen molar-refractivity contribution in [1.82, 2.24) is 15.3 Å². The molecule has 3 N–H and O–H groups in total. The molecule has 86 valence electrons. The van der Waals surface area contributed by atoms with Crippen LogP contribution in [0.15, 0.2) is 12.4 Å². The van der Waals surface area contributed by atoms with Crippen LogP contribution in [0.5, 0.6) is 0 Å². The maximum atomic E-state index is 11.9. The monoisotopic (exact) mass is 220 g/mol. The summed E-state index contributed by atoms with van der Waals surface area (Å²) in [6, 6.07) is 0.244. The SMILES string of the molecule is C[C@@H]1CCC[C@@H]1NC(=O)c1nccnc1N. The first-order valence-electron chi connectivity index (χ1n) is 5.56. The molecule has 1 aromatic rings. The standard InChI is InChI=1S/C11H16N4O/c1-7-3-2-4-8(7)15-11(16)9-10(12)14-6-5-13-9/h5-8H,2-4H2,1H3,(H2,12,14)(H,15,16)/t7-,8+/m1/s1. The second-order valence-electron chi connectivity index (χ2n) is 4.28. The van der Waals surface area contributed by atoms with E-state index in [-0.39, 0.29) is 23.5 Å². The van der Waals surface area contributed by atoms with Crippen molar-refractivity contribution in [2.75, 3.05) is 5.73 Å². The van der Waals surface area contributed by atoms with Crippen LogP contribution in [0.2, 0.25) is 0 Å². The number of rotatable bonds is 2. The van der Waals surface area contributed by atoms with Gasteiger partial charge in [-0.2, -0.15) is 0 Å². The van der Waals surface area contributed by atoms with E-state index in [4.69, 9.17) is 5.73 Å². The van der Waals surface area contributed by atoms with Crippen LogP contribution in [0.3, 0.4) is 0 Å². The van der Waals surface area contributed by atoms with Crippen LogP contribution in [-0.4, -0.2) is 21.9 Å². The topological polar surface area (TPSA) is 80.9 Å². The minimum atomic E-state index is -0.218. The van der Waals surface area contributed by atoms with Gasteiger partial charge in [-0.1, -0.05) is 13.3 Å². The lowest BCUT2D eigenvalue weighted by Gasteiger charge is -2.17. The van der Waals surface area contributed by atoms with Crippen molar-refractivity contribution < 1.29 is 4.79 Å². The number of hydrogen-bond acceptors (Lipinski definition) is 4. The Labute approximate surface area is 94.5 Å². The van der Waals surface area contributed by atoms with Crippen LogP contribution in [0, 0.1) is 5.92 Å². The normalized spacial score (nSPS) is 24.3. The number of carbonyl (C=O) groups is 1. The summed E-state index contributed by atoms with van der Waals surface area (Å²) in [6.45, 7) is 2.15. The Bertz CT molecular complexity index is 393. The van der Waals surface area contributed by atoms with Crippen LogP contribution < -0.4 is 11.1 Å². The van der Waals surface area contributed by atoms with E-state index in [0.29, 0.717) is 5.92 Å². The van der Waals surface area contributed by atoms with E-state index in [1.807, 2.05) is 0 Å². The summed E-state index contributed by atoms with van der Waals surface area (Å²) in [4.78, 5) is 19.7. The second kappa shape index (κ2) is 4.47. The van der Waals surface area contributed by atoms with Gasteiger partial charge in [0, 0.05) is 18.4 Å². The van der Waals surface area contributed by atoms with Crippen molar-refractivity contribution in [3.8, 4) is 0 Å². The number of aromatic nitrogens is 2. The molecule has 0 spiro atoms. The summed E-state index contributed by atoms with van der Waals surface area (Å²) in [5.41, 5.74) is 5.82. The quantitative estimate of drug-likeness (QED) is 0.778. The van der Waals surface area contributed by atoms with Crippen LogP contribution in [0.4, 0.5) is 5.82 Å². The van der Waals surface area contributed by atoms with E-state index in [0.717, 1.165) is 6.42 Å². The molecule has 5 nitrogen and oxygen atoms in total. The Kier molecular flexibility index (Phi) is 3.03. The molecule has 0 saturated heterocycles. The summed E-state index contributed by atoms with van der Waals surface area (Å²) >= 11 is 0. The summed E-state index contributed by atoms with van der Waals surface area (Å²) in [6.07, 6.45) is 6.32. The number of anilines is 1.